The van der Waals surface area contributed by atoms with E-state index in [2.05, 4.69) is 33.3 Å². The summed E-state index contributed by atoms with van der Waals surface area (Å²) in [5, 5.41) is 12.7. The molecule has 1 saturated heterocycles. The number of carbonyl (C=O) groups is 2. The van der Waals surface area contributed by atoms with Crippen LogP contribution in [0.5, 0.6) is 0 Å². The number of esters is 2. The van der Waals surface area contributed by atoms with Crippen molar-refractivity contribution in [3.05, 3.63) is 87.9 Å². The molecule has 1 aliphatic rings. The molecule has 1 aliphatic heterocycles. The second kappa shape index (κ2) is 17.4. The number of rotatable bonds is 5. The van der Waals surface area contributed by atoms with Crippen LogP contribution in [-0.2, 0) is 49.4 Å². The minimum atomic E-state index is -0.439. The molecular weight excluding hydrogens is 515 g/mol. The third-order valence-electron chi connectivity index (χ3n) is 3.56. The largest absolute Gasteiger partial charge is 2.00 e. The Morgan fingerprint density at radius 3 is 1.82 bits per heavy atom. The molecular formula is C19H18BMoN6O6+. The number of hydrogen-bond donors (Lipinski definition) is 0. The average Bonchev–Trinajstić information content (AvgIpc) is 3.61. The zero-order chi connectivity index (χ0) is 23.8. The quantitative estimate of drug-likeness (QED) is 0.197. The molecule has 14 heteroatoms. The standard InChI is InChI=1S/C9H9BN6.C8H9O4.2CO.Mo/c1-4-11-14(7-1)10(15-8-2-5-12-15)16-9-3-6-13-16;1-6(9)11-5-7-3-2-4-8(10)12-7;2*1-2;/h1-9H;2-4,7H,5H2,1H3;;;/q-1;;;;+2/t;7-;;;/m.0.../s1. The van der Waals surface area contributed by atoms with E-state index in [0.29, 0.717) is 0 Å². The van der Waals surface area contributed by atoms with Gasteiger partial charge in [-0.15, -0.1) is 0 Å². The van der Waals surface area contributed by atoms with Gasteiger partial charge in [0.2, 0.25) is 0 Å². The molecule has 0 bridgehead atoms. The number of aromatic nitrogens is 6. The van der Waals surface area contributed by atoms with Crippen LogP contribution in [0.3, 0.4) is 0 Å². The van der Waals surface area contributed by atoms with Crippen LogP contribution in [0.25, 0.3) is 0 Å². The Balaban J connectivity index is 0.000000542. The van der Waals surface area contributed by atoms with Crippen molar-refractivity contribution in [2.45, 2.75) is 13.0 Å². The van der Waals surface area contributed by atoms with Crippen molar-refractivity contribution in [1.82, 2.24) is 29.1 Å². The summed E-state index contributed by atoms with van der Waals surface area (Å²) in [5.74, 6) is -0.788. The van der Waals surface area contributed by atoms with E-state index in [1.54, 1.807) is 45.2 Å². The Hall–Kier alpha value is -3.20. The van der Waals surface area contributed by atoms with E-state index in [1.165, 1.54) is 13.3 Å². The second-order valence-corrected chi connectivity index (χ2v) is 5.63. The van der Waals surface area contributed by atoms with Crippen LogP contribution in [0.15, 0.2) is 55.4 Å². The van der Waals surface area contributed by atoms with Gasteiger partial charge >= 0.3 is 55.6 Å². The maximum absolute atomic E-state index is 10.6. The molecule has 168 valence electrons. The molecule has 0 unspecified atom stereocenters. The van der Waals surface area contributed by atoms with Crippen molar-refractivity contribution < 1.29 is 49.4 Å². The smallest absolute Gasteiger partial charge is 0.425 e. The van der Waals surface area contributed by atoms with Gasteiger partial charge in [-0.3, -0.25) is 9.59 Å². The van der Waals surface area contributed by atoms with Crippen LogP contribution in [0, 0.1) is 32.6 Å². The number of carbonyl (C=O) groups excluding carboxylic acids is 2. The summed E-state index contributed by atoms with van der Waals surface area (Å²) in [4.78, 5) is 21.0. The van der Waals surface area contributed by atoms with Crippen molar-refractivity contribution in [3.8, 4) is 0 Å². The Kier molecular flexibility index (Phi) is 15.7. The van der Waals surface area contributed by atoms with E-state index in [9.17, 15) is 9.59 Å². The van der Waals surface area contributed by atoms with Crippen LogP contribution in [-0.4, -0.2) is 60.8 Å². The van der Waals surface area contributed by atoms with Gasteiger partial charge in [-0.25, -0.2) is 15.3 Å². The van der Waals surface area contributed by atoms with Crippen LogP contribution in [0.1, 0.15) is 6.92 Å². The van der Waals surface area contributed by atoms with E-state index >= 15 is 0 Å². The van der Waals surface area contributed by atoms with Gasteiger partial charge in [-0.1, -0.05) is 0 Å². The van der Waals surface area contributed by atoms with Crippen LogP contribution in [0.2, 0.25) is 0 Å². The van der Waals surface area contributed by atoms with Gasteiger partial charge in [-0.2, -0.15) is 0 Å². The molecule has 0 amide bonds. The number of nitrogens with zero attached hydrogens (tertiary/aromatic N) is 6. The number of hydrogen-bond acceptors (Lipinski definition) is 7. The van der Waals surface area contributed by atoms with Gasteiger partial charge in [0.25, 0.3) is 7.12 Å². The predicted molar refractivity (Wildman–Crippen MR) is 106 cm³/mol. The molecule has 0 saturated carbocycles. The van der Waals surface area contributed by atoms with Gasteiger partial charge in [0.1, 0.15) is 12.7 Å². The Labute approximate surface area is 205 Å². The first-order valence-electron chi connectivity index (χ1n) is 8.87. The Morgan fingerprint density at radius 1 is 1.03 bits per heavy atom. The molecule has 0 N–H and O–H groups in total. The van der Waals surface area contributed by atoms with Crippen LogP contribution in [0.4, 0.5) is 0 Å². The predicted octanol–water partition coefficient (Wildman–Crippen LogP) is 0.216. The molecule has 1 fully saturated rings. The van der Waals surface area contributed by atoms with E-state index in [0.717, 1.165) is 0 Å². The summed E-state index contributed by atoms with van der Waals surface area (Å²) in [6, 6.07) is 5.62. The summed E-state index contributed by atoms with van der Waals surface area (Å²) in [6.07, 6.45) is 15.0. The summed E-state index contributed by atoms with van der Waals surface area (Å²) < 4.78 is 29.8. The normalized spacial score (nSPS) is 13.9. The van der Waals surface area contributed by atoms with Crippen molar-refractivity contribution >= 4 is 19.1 Å². The Bertz CT molecular complexity index is 859. The summed E-state index contributed by atoms with van der Waals surface area (Å²) in [5.41, 5.74) is 0. The maximum Gasteiger partial charge on any atom is 2.00 e. The maximum atomic E-state index is 10.6. The van der Waals surface area contributed by atoms with Gasteiger partial charge in [0.05, 0.1) is 6.42 Å². The van der Waals surface area contributed by atoms with Crippen molar-refractivity contribution in [1.29, 1.82) is 0 Å². The zero-order valence-corrected chi connectivity index (χ0v) is 19.3. The fourth-order valence-electron chi connectivity index (χ4n) is 2.39. The van der Waals surface area contributed by atoms with Gasteiger partial charge in [-0.05, 0) is 43.2 Å². The first kappa shape index (κ1) is 29.8. The number of ether oxygens (including phenoxy) is 2. The van der Waals surface area contributed by atoms with E-state index < -0.39 is 12.1 Å². The van der Waals surface area contributed by atoms with Gasteiger partial charge in [0, 0.05) is 31.9 Å². The number of cyclic esters (lactones) is 1. The molecule has 4 heterocycles. The first-order chi connectivity index (χ1) is 15.6. The zero-order valence-electron chi connectivity index (χ0n) is 17.3. The van der Waals surface area contributed by atoms with Crippen LogP contribution >= 0.6 is 0 Å². The van der Waals surface area contributed by atoms with E-state index in [1.807, 2.05) is 36.8 Å². The molecule has 0 aromatic carbocycles. The third kappa shape index (κ3) is 10.3. The van der Waals surface area contributed by atoms with Crippen molar-refractivity contribution in [3.63, 3.8) is 0 Å². The second-order valence-electron chi connectivity index (χ2n) is 5.63. The Morgan fingerprint density at radius 2 is 1.48 bits per heavy atom. The minimum absolute atomic E-state index is 0. The molecule has 1 atom stereocenters. The summed E-state index contributed by atoms with van der Waals surface area (Å²) in [6.45, 7) is 10.4. The molecule has 4 radical (unpaired) electrons. The summed E-state index contributed by atoms with van der Waals surface area (Å²) in [7, 11) is -0.194. The monoisotopic (exact) mass is 535 g/mol. The molecule has 0 spiro atoms. The molecule has 3 aromatic rings. The van der Waals surface area contributed by atoms with E-state index in [-0.39, 0.29) is 40.8 Å². The van der Waals surface area contributed by atoms with Crippen molar-refractivity contribution in [2.75, 3.05) is 6.61 Å². The minimum Gasteiger partial charge on any atom is -0.425 e. The average molecular weight is 533 g/mol. The summed E-state index contributed by atoms with van der Waals surface area (Å²) >= 11 is 0. The molecule has 3 aromatic heterocycles. The van der Waals surface area contributed by atoms with Gasteiger partial charge in [0.15, 0.2) is 0 Å². The van der Waals surface area contributed by atoms with Crippen molar-refractivity contribution in [2.24, 2.45) is 0 Å². The van der Waals surface area contributed by atoms with Gasteiger partial charge < -0.3 is 23.3 Å². The topological polar surface area (TPSA) is 146 Å². The SMILES string of the molecule is CC(=O)OC[C@@H]1[CH][CH][CH]C(=O)O1.[C-]#[O+].[C-]#[O+].[Mo+2].c1cnn([B-](n2cccn2)n2cccn2)c1. The van der Waals surface area contributed by atoms with E-state index in [4.69, 9.17) is 14.0 Å². The molecule has 12 nitrogen and oxygen atoms in total. The molecule has 33 heavy (non-hydrogen) atoms. The first-order valence-corrected chi connectivity index (χ1v) is 8.87. The van der Waals surface area contributed by atoms with Crippen LogP contribution < -0.4 is 0 Å². The third-order valence-corrected chi connectivity index (χ3v) is 3.56. The molecule has 0 aliphatic carbocycles. The fraction of sp³-hybridized carbons (Fsp3) is 0.158. The fourth-order valence-corrected chi connectivity index (χ4v) is 2.39. The molecule has 4 rings (SSSR count).